The highest BCUT2D eigenvalue weighted by Gasteiger charge is 2.36. The smallest absolute Gasteiger partial charge is 0.118 e. The Morgan fingerprint density at radius 3 is 2.31 bits per heavy atom. The molecule has 0 radical (unpaired) electrons. The quantitative estimate of drug-likeness (QED) is 0.418. The van der Waals surface area contributed by atoms with Crippen molar-refractivity contribution >= 4 is 5.57 Å². The van der Waals surface area contributed by atoms with Crippen LogP contribution in [-0.2, 0) is 10.8 Å². The summed E-state index contributed by atoms with van der Waals surface area (Å²) in [7, 11) is 0. The van der Waals surface area contributed by atoms with Crippen molar-refractivity contribution in [1.82, 2.24) is 0 Å². The molecule has 32 heavy (non-hydrogen) atoms. The van der Waals surface area contributed by atoms with E-state index in [1.807, 2.05) is 6.08 Å². The molecule has 2 aliphatic carbocycles. The van der Waals surface area contributed by atoms with E-state index in [4.69, 9.17) is 0 Å². The Kier molecular flexibility index (Phi) is 4.71. The van der Waals surface area contributed by atoms with Gasteiger partial charge in [-0.1, -0.05) is 88.9 Å². The predicted molar refractivity (Wildman–Crippen MR) is 136 cm³/mol. The number of hydrogen-bond acceptors (Lipinski definition) is 1. The first kappa shape index (κ1) is 20.8. The standard InChI is InChI=1S/C31H32O/c1-20-22-17-16-21(19-27(22)30(2,3)18-9-8-15-28(20)32)23-12-10-14-26-29(23)24-11-6-7-13-25(24)31(26,4)5/h6-7,10-17,19,32H,1,8-9,18H2,2-5H3/b28-15+. The lowest BCUT2D eigenvalue weighted by Gasteiger charge is -2.29. The Hall–Kier alpha value is -3.06. The molecule has 0 unspecified atom stereocenters. The van der Waals surface area contributed by atoms with E-state index in [0.29, 0.717) is 5.76 Å². The van der Waals surface area contributed by atoms with Gasteiger partial charge in [0.15, 0.2) is 0 Å². The molecular weight excluding hydrogens is 388 g/mol. The van der Waals surface area contributed by atoms with Crippen LogP contribution in [0.3, 0.4) is 0 Å². The van der Waals surface area contributed by atoms with Crippen LogP contribution in [0.15, 0.2) is 79.1 Å². The number of aliphatic hydroxyl groups excluding tert-OH is 1. The van der Waals surface area contributed by atoms with Crippen LogP contribution >= 0.6 is 0 Å². The molecule has 0 saturated carbocycles. The van der Waals surface area contributed by atoms with Gasteiger partial charge in [0.25, 0.3) is 0 Å². The minimum absolute atomic E-state index is 0.00186. The molecule has 1 N–H and O–H groups in total. The van der Waals surface area contributed by atoms with Gasteiger partial charge in [-0.25, -0.2) is 0 Å². The summed E-state index contributed by atoms with van der Waals surface area (Å²) in [6.07, 6.45) is 4.93. The largest absolute Gasteiger partial charge is 0.508 e. The first-order valence-electron chi connectivity index (χ1n) is 11.7. The zero-order valence-electron chi connectivity index (χ0n) is 19.6. The Labute approximate surface area is 192 Å². The minimum Gasteiger partial charge on any atom is -0.508 e. The summed E-state index contributed by atoms with van der Waals surface area (Å²) in [6.45, 7) is 13.5. The maximum atomic E-state index is 10.6. The lowest BCUT2D eigenvalue weighted by molar-refractivity contribution is 0.433. The molecule has 3 aromatic rings. The van der Waals surface area contributed by atoms with Gasteiger partial charge in [-0.3, -0.25) is 0 Å². The predicted octanol–water partition coefficient (Wildman–Crippen LogP) is 8.58. The topological polar surface area (TPSA) is 20.2 Å². The second kappa shape index (κ2) is 7.24. The van der Waals surface area contributed by atoms with Crippen molar-refractivity contribution in [3.8, 4) is 22.3 Å². The molecule has 2 aliphatic rings. The molecule has 0 heterocycles. The molecule has 0 saturated heterocycles. The lowest BCUT2D eigenvalue weighted by atomic mass is 9.75. The molecule has 1 heteroatoms. The highest BCUT2D eigenvalue weighted by atomic mass is 16.3. The minimum atomic E-state index is -0.00635. The van der Waals surface area contributed by atoms with Gasteiger partial charge in [0.1, 0.15) is 5.76 Å². The summed E-state index contributed by atoms with van der Waals surface area (Å²) in [4.78, 5) is 0. The van der Waals surface area contributed by atoms with Crippen LogP contribution in [0.2, 0.25) is 0 Å². The Balaban J connectivity index is 1.75. The van der Waals surface area contributed by atoms with Crippen molar-refractivity contribution in [2.24, 2.45) is 0 Å². The zero-order chi connectivity index (χ0) is 22.7. The molecule has 0 aromatic heterocycles. The summed E-state index contributed by atoms with van der Waals surface area (Å²) >= 11 is 0. The number of allylic oxidation sites excluding steroid dienone is 2. The molecule has 0 atom stereocenters. The fourth-order valence-corrected chi connectivity index (χ4v) is 5.71. The molecular formula is C31H32O. The molecule has 0 amide bonds. The summed E-state index contributed by atoms with van der Waals surface area (Å²) in [5.74, 6) is 0.313. The van der Waals surface area contributed by atoms with Gasteiger partial charge in [-0.05, 0) is 81.3 Å². The van der Waals surface area contributed by atoms with Crippen molar-refractivity contribution in [3.63, 3.8) is 0 Å². The second-order valence-corrected chi connectivity index (χ2v) is 10.5. The van der Waals surface area contributed by atoms with Crippen molar-refractivity contribution in [2.75, 3.05) is 0 Å². The molecule has 0 fully saturated rings. The first-order chi connectivity index (χ1) is 15.2. The Bertz CT molecular complexity index is 1270. The third kappa shape index (κ3) is 3.06. The maximum absolute atomic E-state index is 10.6. The summed E-state index contributed by atoms with van der Waals surface area (Å²) in [5, 5.41) is 10.6. The van der Waals surface area contributed by atoms with E-state index in [2.05, 4.69) is 94.9 Å². The Morgan fingerprint density at radius 1 is 0.781 bits per heavy atom. The van der Waals surface area contributed by atoms with Gasteiger partial charge in [0.2, 0.25) is 0 Å². The van der Waals surface area contributed by atoms with Gasteiger partial charge >= 0.3 is 0 Å². The zero-order valence-corrected chi connectivity index (χ0v) is 19.6. The van der Waals surface area contributed by atoms with Gasteiger partial charge in [0.05, 0.1) is 0 Å². The normalized spacial score (nSPS) is 20.1. The SMILES string of the molecule is C=C1/C(O)=C\CCCC(C)(C)c2cc(-c3cccc4c3-c3ccccc3C4(C)C)ccc21. The highest BCUT2D eigenvalue weighted by molar-refractivity contribution is 5.93. The van der Waals surface area contributed by atoms with Crippen molar-refractivity contribution < 1.29 is 5.11 Å². The second-order valence-electron chi connectivity index (χ2n) is 10.5. The lowest BCUT2D eigenvalue weighted by Crippen LogP contribution is -2.19. The van der Waals surface area contributed by atoms with Gasteiger partial charge < -0.3 is 5.11 Å². The summed E-state index contributed by atoms with van der Waals surface area (Å²) in [6, 6.07) is 22.3. The molecule has 162 valence electrons. The number of hydrogen-bond donors (Lipinski definition) is 1. The van der Waals surface area contributed by atoms with Crippen molar-refractivity contribution in [1.29, 1.82) is 0 Å². The Morgan fingerprint density at radius 2 is 1.50 bits per heavy atom. The van der Waals surface area contributed by atoms with Gasteiger partial charge in [-0.2, -0.15) is 0 Å². The molecule has 3 aromatic carbocycles. The number of aliphatic hydroxyl groups is 1. The molecule has 0 bridgehead atoms. The molecule has 0 aliphatic heterocycles. The van der Waals surface area contributed by atoms with E-state index in [0.717, 1.165) is 30.4 Å². The van der Waals surface area contributed by atoms with E-state index in [9.17, 15) is 5.11 Å². The highest BCUT2D eigenvalue weighted by Crippen LogP contribution is 2.52. The third-order valence-corrected chi connectivity index (χ3v) is 7.65. The third-order valence-electron chi connectivity index (χ3n) is 7.65. The van der Waals surface area contributed by atoms with Crippen molar-refractivity contribution in [3.05, 3.63) is 101 Å². The van der Waals surface area contributed by atoms with Gasteiger partial charge in [-0.15, -0.1) is 0 Å². The van der Waals surface area contributed by atoms with Crippen LogP contribution < -0.4 is 0 Å². The summed E-state index contributed by atoms with van der Waals surface area (Å²) < 4.78 is 0. The fourth-order valence-electron chi connectivity index (χ4n) is 5.71. The van der Waals surface area contributed by atoms with E-state index in [-0.39, 0.29) is 10.8 Å². The van der Waals surface area contributed by atoms with Crippen LogP contribution in [0.4, 0.5) is 0 Å². The monoisotopic (exact) mass is 420 g/mol. The van der Waals surface area contributed by atoms with Crippen LogP contribution in [-0.4, -0.2) is 5.11 Å². The molecule has 5 rings (SSSR count). The number of fused-ring (bicyclic) bond motifs is 4. The maximum Gasteiger partial charge on any atom is 0.118 e. The summed E-state index contributed by atoms with van der Waals surface area (Å²) in [5.41, 5.74) is 11.1. The van der Waals surface area contributed by atoms with Crippen LogP contribution in [0.5, 0.6) is 0 Å². The van der Waals surface area contributed by atoms with Gasteiger partial charge in [0, 0.05) is 11.0 Å². The van der Waals surface area contributed by atoms with Crippen molar-refractivity contribution in [2.45, 2.75) is 57.8 Å². The van der Waals surface area contributed by atoms with E-state index in [1.54, 1.807) is 0 Å². The van der Waals surface area contributed by atoms with E-state index < -0.39 is 0 Å². The van der Waals surface area contributed by atoms with Crippen LogP contribution in [0.1, 0.15) is 69.2 Å². The first-order valence-corrected chi connectivity index (χ1v) is 11.7. The number of rotatable bonds is 1. The van der Waals surface area contributed by atoms with E-state index >= 15 is 0 Å². The number of benzene rings is 3. The molecule has 0 spiro atoms. The average molecular weight is 421 g/mol. The van der Waals surface area contributed by atoms with E-state index in [1.165, 1.54) is 38.9 Å². The fraction of sp³-hybridized carbons (Fsp3) is 0.290. The molecule has 1 nitrogen and oxygen atoms in total. The van der Waals surface area contributed by atoms with Crippen LogP contribution in [0.25, 0.3) is 27.8 Å². The van der Waals surface area contributed by atoms with Crippen LogP contribution in [0, 0.1) is 0 Å². The average Bonchev–Trinajstić information content (AvgIpc) is 3.04.